The van der Waals surface area contributed by atoms with Crippen molar-refractivity contribution in [2.75, 3.05) is 16.0 Å². The Balaban J connectivity index is 1.33. The van der Waals surface area contributed by atoms with Crippen LogP contribution in [0.5, 0.6) is 0 Å². The highest BCUT2D eigenvalue weighted by Gasteiger charge is 2.13. The van der Waals surface area contributed by atoms with Crippen molar-refractivity contribution in [2.45, 2.75) is 13.5 Å². The Kier molecular flexibility index (Phi) is 6.60. The largest absolute Gasteiger partial charge is 0.366 e. The van der Waals surface area contributed by atoms with Crippen molar-refractivity contribution < 1.29 is 4.79 Å². The number of nitrogens with one attached hydrogen (secondary N) is 3. The molecule has 9 heteroatoms. The first-order valence-electron chi connectivity index (χ1n) is 11.5. The van der Waals surface area contributed by atoms with Crippen molar-refractivity contribution >= 4 is 53.8 Å². The van der Waals surface area contributed by atoms with Gasteiger partial charge in [0.1, 0.15) is 13.7 Å². The van der Waals surface area contributed by atoms with Crippen LogP contribution in [0.2, 0.25) is 5.02 Å². The molecule has 0 aliphatic rings. The zero-order valence-electron chi connectivity index (χ0n) is 19.9. The highest BCUT2D eigenvalue weighted by atomic mass is 35.5. The van der Waals surface area contributed by atoms with Gasteiger partial charge in [0.2, 0.25) is 0 Å². The SMILES string of the molecule is Bc1cnn2c(NCc3cccc(NC(=O)Nc4ccc(C)cc4)c3)cc(-c3ccccc3Cl)nc12. The van der Waals surface area contributed by atoms with Gasteiger partial charge in [0.25, 0.3) is 0 Å². The van der Waals surface area contributed by atoms with E-state index in [0.717, 1.165) is 45.0 Å². The lowest BCUT2D eigenvalue weighted by Crippen LogP contribution is -2.19. The quantitative estimate of drug-likeness (QED) is 0.294. The minimum Gasteiger partial charge on any atom is -0.366 e. The maximum atomic E-state index is 12.4. The smallest absolute Gasteiger partial charge is 0.323 e. The summed E-state index contributed by atoms with van der Waals surface area (Å²) in [4.78, 5) is 17.2. The number of aryl methyl sites for hydroxylation is 1. The van der Waals surface area contributed by atoms with E-state index in [0.29, 0.717) is 17.3 Å². The molecule has 0 spiro atoms. The molecule has 0 aliphatic carbocycles. The zero-order valence-corrected chi connectivity index (χ0v) is 20.7. The third-order valence-electron chi connectivity index (χ3n) is 5.77. The summed E-state index contributed by atoms with van der Waals surface area (Å²) in [6.45, 7) is 2.53. The maximum Gasteiger partial charge on any atom is 0.323 e. The number of hydrogen-bond acceptors (Lipinski definition) is 4. The van der Waals surface area contributed by atoms with Crippen LogP contribution in [0, 0.1) is 6.92 Å². The molecule has 0 fully saturated rings. The summed E-state index contributed by atoms with van der Waals surface area (Å²) in [5, 5.41) is 14.3. The first-order valence-corrected chi connectivity index (χ1v) is 11.9. The lowest BCUT2D eigenvalue weighted by atomic mass is 10.0. The van der Waals surface area contributed by atoms with E-state index in [4.69, 9.17) is 16.6 Å². The van der Waals surface area contributed by atoms with Crippen molar-refractivity contribution in [3.8, 4) is 11.3 Å². The minimum absolute atomic E-state index is 0.295. The monoisotopic (exact) mass is 494 g/mol. The summed E-state index contributed by atoms with van der Waals surface area (Å²) in [7, 11) is 1.98. The van der Waals surface area contributed by atoms with Crippen LogP contribution >= 0.6 is 11.6 Å². The Hall–Kier alpha value is -4.30. The summed E-state index contributed by atoms with van der Waals surface area (Å²) in [5.41, 5.74) is 6.93. The van der Waals surface area contributed by atoms with E-state index in [1.165, 1.54) is 0 Å². The van der Waals surface area contributed by atoms with Gasteiger partial charge >= 0.3 is 6.03 Å². The fraction of sp³-hybridized carbons (Fsp3) is 0.0741. The van der Waals surface area contributed by atoms with Crippen molar-refractivity contribution in [3.63, 3.8) is 0 Å². The Morgan fingerprint density at radius 3 is 2.56 bits per heavy atom. The van der Waals surface area contributed by atoms with Gasteiger partial charge in [-0.05, 0) is 48.3 Å². The predicted molar refractivity (Wildman–Crippen MR) is 149 cm³/mol. The number of aromatic nitrogens is 3. The zero-order chi connectivity index (χ0) is 25.1. The normalized spacial score (nSPS) is 10.8. The first kappa shape index (κ1) is 23.4. The highest BCUT2D eigenvalue weighted by molar-refractivity contribution is 6.36. The molecule has 2 amide bonds. The number of hydrogen-bond donors (Lipinski definition) is 3. The third kappa shape index (κ3) is 5.19. The van der Waals surface area contributed by atoms with E-state index in [-0.39, 0.29) is 6.03 Å². The molecule has 5 aromatic rings. The molecule has 0 atom stereocenters. The number of fused-ring (bicyclic) bond motifs is 1. The summed E-state index contributed by atoms with van der Waals surface area (Å²) in [6.07, 6.45) is 1.79. The standard InChI is InChI=1S/C27H24BClN6O/c1-17-9-11-19(12-10-17)32-27(36)33-20-6-4-5-18(13-20)15-30-25-14-24(21-7-2-3-8-23(21)29)34-26-22(28)16-31-35(25)26/h2-14,16,30H,15,28H2,1H3,(H2,32,33,36). The molecule has 178 valence electrons. The summed E-state index contributed by atoms with van der Waals surface area (Å²) in [6, 6.07) is 24.6. The lowest BCUT2D eigenvalue weighted by Gasteiger charge is -2.13. The molecule has 0 aliphatic heterocycles. The summed E-state index contributed by atoms with van der Waals surface area (Å²) < 4.78 is 1.78. The van der Waals surface area contributed by atoms with Crippen LogP contribution in [0.1, 0.15) is 11.1 Å². The highest BCUT2D eigenvalue weighted by Crippen LogP contribution is 2.28. The van der Waals surface area contributed by atoms with Gasteiger partial charge in [0.15, 0.2) is 5.65 Å². The Morgan fingerprint density at radius 2 is 1.75 bits per heavy atom. The maximum absolute atomic E-state index is 12.4. The number of carbonyl (C=O) groups is 1. The van der Waals surface area contributed by atoms with E-state index in [9.17, 15) is 4.79 Å². The second kappa shape index (κ2) is 10.1. The molecule has 7 nitrogen and oxygen atoms in total. The summed E-state index contributed by atoms with van der Waals surface area (Å²) in [5.74, 6) is 0.790. The molecule has 0 saturated carbocycles. The molecule has 0 radical (unpaired) electrons. The van der Waals surface area contributed by atoms with E-state index in [1.807, 2.05) is 93.6 Å². The van der Waals surface area contributed by atoms with Gasteiger partial charge in [-0.15, -0.1) is 0 Å². The van der Waals surface area contributed by atoms with E-state index >= 15 is 0 Å². The Bertz CT molecular complexity index is 1550. The fourth-order valence-corrected chi connectivity index (χ4v) is 4.12. The molecule has 2 aromatic heterocycles. The molecular formula is C27H24BClN6O. The minimum atomic E-state index is -0.295. The van der Waals surface area contributed by atoms with Gasteiger partial charge in [0.05, 0.1) is 5.69 Å². The van der Waals surface area contributed by atoms with Gasteiger partial charge in [-0.3, -0.25) is 0 Å². The second-order valence-corrected chi connectivity index (χ2v) is 8.98. The molecular weight excluding hydrogens is 471 g/mol. The van der Waals surface area contributed by atoms with Gasteiger partial charge < -0.3 is 16.0 Å². The molecule has 0 unspecified atom stereocenters. The number of carbonyl (C=O) groups excluding carboxylic acids is 1. The number of nitrogens with zero attached hydrogens (tertiary/aromatic N) is 3. The number of amides is 2. The van der Waals surface area contributed by atoms with Crippen LogP contribution in [0.15, 0.2) is 85.1 Å². The van der Waals surface area contributed by atoms with E-state index in [2.05, 4.69) is 21.0 Å². The molecule has 2 heterocycles. The molecule has 0 bridgehead atoms. The third-order valence-corrected chi connectivity index (χ3v) is 6.10. The predicted octanol–water partition coefficient (Wildman–Crippen LogP) is 4.87. The van der Waals surface area contributed by atoms with E-state index in [1.54, 1.807) is 10.7 Å². The molecule has 3 aromatic carbocycles. The molecule has 5 rings (SSSR count). The average molecular weight is 495 g/mol. The molecule has 3 N–H and O–H groups in total. The van der Waals surface area contributed by atoms with Crippen LogP contribution in [-0.2, 0) is 6.54 Å². The first-order chi connectivity index (χ1) is 17.5. The van der Waals surface area contributed by atoms with Gasteiger partial charge in [0, 0.05) is 40.8 Å². The molecule has 0 saturated heterocycles. The number of benzene rings is 3. The van der Waals surface area contributed by atoms with Crippen molar-refractivity contribution in [1.82, 2.24) is 14.6 Å². The number of rotatable bonds is 6. The van der Waals surface area contributed by atoms with Gasteiger partial charge in [-0.1, -0.05) is 59.6 Å². The van der Waals surface area contributed by atoms with Gasteiger partial charge in [-0.25, -0.2) is 9.78 Å². The van der Waals surface area contributed by atoms with Crippen molar-refractivity contribution in [1.29, 1.82) is 0 Å². The van der Waals surface area contributed by atoms with Crippen LogP contribution in [0.25, 0.3) is 16.9 Å². The Labute approximate surface area is 214 Å². The summed E-state index contributed by atoms with van der Waals surface area (Å²) >= 11 is 6.44. The second-order valence-electron chi connectivity index (χ2n) is 8.57. The Morgan fingerprint density at radius 1 is 0.972 bits per heavy atom. The van der Waals surface area contributed by atoms with Crippen molar-refractivity contribution in [3.05, 3.63) is 101 Å². The number of halogens is 1. The molecule has 36 heavy (non-hydrogen) atoms. The number of urea groups is 1. The topological polar surface area (TPSA) is 83.3 Å². The average Bonchev–Trinajstić information content (AvgIpc) is 3.25. The fourth-order valence-electron chi connectivity index (χ4n) is 3.89. The van der Waals surface area contributed by atoms with E-state index < -0.39 is 0 Å². The van der Waals surface area contributed by atoms with Crippen LogP contribution in [0.3, 0.4) is 0 Å². The number of anilines is 3. The van der Waals surface area contributed by atoms with Crippen molar-refractivity contribution in [2.24, 2.45) is 0 Å². The lowest BCUT2D eigenvalue weighted by molar-refractivity contribution is 0.262. The van der Waals surface area contributed by atoms with Gasteiger partial charge in [-0.2, -0.15) is 9.61 Å². The van der Waals surface area contributed by atoms with Crippen LogP contribution in [0.4, 0.5) is 22.0 Å². The van der Waals surface area contributed by atoms with Crippen LogP contribution in [-0.4, -0.2) is 28.5 Å². The van der Waals surface area contributed by atoms with Crippen LogP contribution < -0.4 is 21.4 Å².